The molecule has 0 aliphatic carbocycles. The first-order valence-corrected chi connectivity index (χ1v) is 4.27. The van der Waals surface area contributed by atoms with Crippen molar-refractivity contribution in [3.05, 3.63) is 35.3 Å². The van der Waals surface area contributed by atoms with Gasteiger partial charge < -0.3 is 4.98 Å². The molecule has 1 N–H and O–H groups in total. The molecule has 2 aromatic heterocycles. The first-order chi connectivity index (χ1) is 5.88. The number of nitrogens with zero attached hydrogens (tertiary/aromatic N) is 2. The molecule has 2 rings (SSSR count). The van der Waals surface area contributed by atoms with Crippen LogP contribution in [0.1, 0.15) is 0 Å². The maximum Gasteiger partial charge on any atom is 0.140 e. The van der Waals surface area contributed by atoms with Gasteiger partial charge >= 0.3 is 0 Å². The van der Waals surface area contributed by atoms with E-state index >= 15 is 0 Å². The lowest BCUT2D eigenvalue weighted by Crippen LogP contribution is -1.83. The summed E-state index contributed by atoms with van der Waals surface area (Å²) < 4.78 is 0.806. The number of rotatable bonds is 1. The van der Waals surface area contributed by atoms with E-state index in [-0.39, 0.29) is 0 Å². The Balaban J connectivity index is 2.55. The Morgan fingerprint density at radius 3 is 2.83 bits per heavy atom. The zero-order valence-electron chi connectivity index (χ0n) is 6.16. The van der Waals surface area contributed by atoms with Crippen LogP contribution in [0.25, 0.3) is 11.4 Å². The lowest BCUT2D eigenvalue weighted by Gasteiger charge is -1.97. The first-order valence-electron chi connectivity index (χ1n) is 3.48. The number of pyridine rings is 1. The molecule has 0 unspecified atom stereocenters. The second-order valence-electron chi connectivity index (χ2n) is 2.28. The first kappa shape index (κ1) is 7.49. The maximum atomic E-state index is 4.12. The molecular formula is C8H6BrN3. The van der Waals surface area contributed by atoms with Gasteiger partial charge in [0, 0.05) is 18.6 Å². The maximum absolute atomic E-state index is 4.12. The predicted octanol–water partition coefficient (Wildman–Crippen LogP) is 2.23. The van der Waals surface area contributed by atoms with Gasteiger partial charge in [0.1, 0.15) is 10.4 Å². The van der Waals surface area contributed by atoms with E-state index < -0.39 is 0 Å². The second kappa shape index (κ2) is 3.06. The summed E-state index contributed by atoms with van der Waals surface area (Å²) in [6.45, 7) is 0. The standard InChI is InChI=1S/C8H6BrN3/c9-7-6(2-1-3-10-7)8-11-4-5-12-8/h1-5H,(H,11,12). The Morgan fingerprint density at radius 1 is 1.25 bits per heavy atom. The lowest BCUT2D eigenvalue weighted by molar-refractivity contribution is 1.23. The largest absolute Gasteiger partial charge is 0.345 e. The Hall–Kier alpha value is -1.16. The molecule has 2 heterocycles. The number of hydrogen-bond acceptors (Lipinski definition) is 2. The fraction of sp³-hybridized carbons (Fsp3) is 0. The van der Waals surface area contributed by atoms with E-state index in [1.54, 1.807) is 18.6 Å². The van der Waals surface area contributed by atoms with Crippen molar-refractivity contribution in [2.24, 2.45) is 0 Å². The number of halogens is 1. The number of nitrogens with one attached hydrogen (secondary N) is 1. The molecule has 0 aromatic carbocycles. The van der Waals surface area contributed by atoms with Gasteiger partial charge in [0.25, 0.3) is 0 Å². The molecule has 0 atom stereocenters. The van der Waals surface area contributed by atoms with Crippen molar-refractivity contribution in [2.45, 2.75) is 0 Å². The van der Waals surface area contributed by atoms with Crippen molar-refractivity contribution in [3.8, 4) is 11.4 Å². The third-order valence-electron chi connectivity index (χ3n) is 1.51. The fourth-order valence-corrected chi connectivity index (χ4v) is 1.41. The molecule has 60 valence electrons. The van der Waals surface area contributed by atoms with Gasteiger partial charge in [-0.25, -0.2) is 9.97 Å². The van der Waals surface area contributed by atoms with E-state index in [0.29, 0.717) is 0 Å². The molecule has 0 aliphatic heterocycles. The highest BCUT2D eigenvalue weighted by molar-refractivity contribution is 9.10. The van der Waals surface area contributed by atoms with Crippen LogP contribution in [0.5, 0.6) is 0 Å². The number of H-pyrrole nitrogens is 1. The molecule has 3 nitrogen and oxygen atoms in total. The number of aromatic amines is 1. The monoisotopic (exact) mass is 223 g/mol. The van der Waals surface area contributed by atoms with Crippen LogP contribution in [-0.4, -0.2) is 15.0 Å². The minimum Gasteiger partial charge on any atom is -0.345 e. The van der Waals surface area contributed by atoms with Gasteiger partial charge in [0.2, 0.25) is 0 Å². The van der Waals surface area contributed by atoms with Crippen LogP contribution in [0.15, 0.2) is 35.3 Å². The molecule has 2 aromatic rings. The van der Waals surface area contributed by atoms with Gasteiger partial charge in [-0.05, 0) is 28.1 Å². The smallest absolute Gasteiger partial charge is 0.140 e. The van der Waals surface area contributed by atoms with Gasteiger partial charge in [0.15, 0.2) is 0 Å². The third-order valence-corrected chi connectivity index (χ3v) is 2.14. The van der Waals surface area contributed by atoms with Crippen molar-refractivity contribution in [2.75, 3.05) is 0 Å². The Bertz CT molecular complexity index is 370. The summed E-state index contributed by atoms with van der Waals surface area (Å²) in [5.74, 6) is 0.829. The van der Waals surface area contributed by atoms with Gasteiger partial charge in [-0.15, -0.1) is 0 Å². The van der Waals surface area contributed by atoms with Crippen molar-refractivity contribution < 1.29 is 0 Å². The SMILES string of the molecule is Brc1ncccc1-c1ncc[nH]1. The molecule has 4 heteroatoms. The van der Waals surface area contributed by atoms with Crippen LogP contribution in [0, 0.1) is 0 Å². The molecule has 0 fully saturated rings. The highest BCUT2D eigenvalue weighted by Gasteiger charge is 2.03. The van der Waals surface area contributed by atoms with E-state index in [9.17, 15) is 0 Å². The second-order valence-corrected chi connectivity index (χ2v) is 3.03. The molecular weight excluding hydrogens is 218 g/mol. The van der Waals surface area contributed by atoms with E-state index in [1.165, 1.54) is 0 Å². The summed E-state index contributed by atoms with van der Waals surface area (Å²) in [6, 6.07) is 3.83. The molecule has 12 heavy (non-hydrogen) atoms. The van der Waals surface area contributed by atoms with Gasteiger partial charge in [-0.1, -0.05) is 0 Å². The van der Waals surface area contributed by atoms with Crippen LogP contribution in [0.4, 0.5) is 0 Å². The summed E-state index contributed by atoms with van der Waals surface area (Å²) in [4.78, 5) is 11.2. The van der Waals surface area contributed by atoms with Crippen molar-refractivity contribution in [1.29, 1.82) is 0 Å². The van der Waals surface area contributed by atoms with Crippen LogP contribution >= 0.6 is 15.9 Å². The minimum absolute atomic E-state index is 0.806. The third kappa shape index (κ3) is 1.25. The van der Waals surface area contributed by atoms with E-state index in [1.807, 2.05) is 12.1 Å². The predicted molar refractivity (Wildman–Crippen MR) is 49.5 cm³/mol. The summed E-state index contributed by atoms with van der Waals surface area (Å²) in [7, 11) is 0. The van der Waals surface area contributed by atoms with Crippen LogP contribution in [0.2, 0.25) is 0 Å². The minimum atomic E-state index is 0.806. The van der Waals surface area contributed by atoms with Crippen molar-refractivity contribution in [3.63, 3.8) is 0 Å². The van der Waals surface area contributed by atoms with E-state index in [2.05, 4.69) is 30.9 Å². The molecule has 0 spiro atoms. The zero-order valence-corrected chi connectivity index (χ0v) is 7.75. The molecule has 0 saturated carbocycles. The van der Waals surface area contributed by atoms with Crippen LogP contribution in [-0.2, 0) is 0 Å². The Morgan fingerprint density at radius 2 is 2.17 bits per heavy atom. The molecule has 0 radical (unpaired) electrons. The average Bonchev–Trinajstić information content (AvgIpc) is 2.57. The Labute approximate surface area is 78.0 Å². The number of aromatic nitrogens is 3. The van der Waals surface area contributed by atoms with Crippen LogP contribution in [0.3, 0.4) is 0 Å². The van der Waals surface area contributed by atoms with Gasteiger partial charge in [0.05, 0.1) is 5.56 Å². The Kier molecular flexibility index (Phi) is 1.91. The topological polar surface area (TPSA) is 41.6 Å². The van der Waals surface area contributed by atoms with Gasteiger partial charge in [-0.2, -0.15) is 0 Å². The van der Waals surface area contributed by atoms with Gasteiger partial charge in [-0.3, -0.25) is 0 Å². The van der Waals surface area contributed by atoms with E-state index in [0.717, 1.165) is 16.0 Å². The van der Waals surface area contributed by atoms with E-state index in [4.69, 9.17) is 0 Å². The van der Waals surface area contributed by atoms with Crippen LogP contribution < -0.4 is 0 Å². The van der Waals surface area contributed by atoms with Crippen molar-refractivity contribution in [1.82, 2.24) is 15.0 Å². The number of imidazole rings is 1. The normalized spacial score (nSPS) is 10.1. The summed E-state index contributed by atoms with van der Waals surface area (Å²) in [6.07, 6.45) is 5.24. The fourth-order valence-electron chi connectivity index (χ4n) is 0.975. The lowest BCUT2D eigenvalue weighted by atomic mass is 10.3. The summed E-state index contributed by atoms with van der Waals surface area (Å²) in [5.41, 5.74) is 0.975. The highest BCUT2D eigenvalue weighted by Crippen LogP contribution is 2.21. The highest BCUT2D eigenvalue weighted by atomic mass is 79.9. The molecule has 0 bridgehead atoms. The molecule has 0 amide bonds. The number of hydrogen-bond donors (Lipinski definition) is 1. The quantitative estimate of drug-likeness (QED) is 0.754. The molecule has 0 aliphatic rings. The summed E-state index contributed by atoms with van der Waals surface area (Å²) >= 11 is 3.35. The zero-order chi connectivity index (χ0) is 8.39. The summed E-state index contributed by atoms with van der Waals surface area (Å²) in [5, 5.41) is 0. The average molecular weight is 224 g/mol. The molecule has 0 saturated heterocycles. The van der Waals surface area contributed by atoms with Crippen molar-refractivity contribution >= 4 is 15.9 Å².